The molecule has 46 heavy (non-hydrogen) atoms. The lowest BCUT2D eigenvalue weighted by Crippen LogP contribution is -2.07. The molecule has 0 bridgehead atoms. The number of benzene rings is 4. The Labute approximate surface area is 281 Å². The van der Waals surface area contributed by atoms with Gasteiger partial charge in [0.25, 0.3) is 0 Å². The number of amides is 2. The minimum absolute atomic E-state index is 0.261. The lowest BCUT2D eigenvalue weighted by Gasteiger charge is -2.10. The number of hydrogen-bond acceptors (Lipinski definition) is 8. The van der Waals surface area contributed by atoms with Crippen LogP contribution in [0.15, 0.2) is 132 Å². The highest BCUT2D eigenvalue weighted by Gasteiger charge is 2.08. The Morgan fingerprint density at radius 1 is 0.565 bits per heavy atom. The second-order valence-corrected chi connectivity index (χ2v) is 11.4. The van der Waals surface area contributed by atoms with Gasteiger partial charge >= 0.3 is 0 Å². The standard InChI is InChI=1S/2C17H13BrN4O/c2*1-2-16(23)21-13-6-7-15-14(9-13)17(20-10-19-15)22-12-5-3-4-11(18)8-12/h2*2-10H,1H2,(H,21,23)(H,19,20,22). The first kappa shape index (κ1) is 31.9. The van der Waals surface area contributed by atoms with Crippen LogP contribution in [-0.2, 0) is 9.59 Å². The molecule has 0 aliphatic rings. The number of carbonyl (C=O) groups excluding carboxylic acids is 2. The molecule has 0 aliphatic carbocycles. The maximum absolute atomic E-state index is 11.4. The van der Waals surface area contributed by atoms with Crippen molar-refractivity contribution in [1.82, 2.24) is 19.9 Å². The first-order chi connectivity index (χ1) is 22.3. The van der Waals surface area contributed by atoms with Crippen molar-refractivity contribution in [1.29, 1.82) is 0 Å². The van der Waals surface area contributed by atoms with Gasteiger partial charge in [-0.3, -0.25) is 9.59 Å². The fourth-order valence-corrected chi connectivity index (χ4v) is 5.06. The zero-order valence-electron chi connectivity index (χ0n) is 24.2. The highest BCUT2D eigenvalue weighted by Crippen LogP contribution is 2.28. The molecule has 228 valence electrons. The SMILES string of the molecule is C=CC(=O)Nc1ccc2ncnc(Nc3cccc(Br)c3)c2c1.C=CC(=O)Nc1ccc2ncnc(Nc3cccc(Br)c3)c2c1. The summed E-state index contributed by atoms with van der Waals surface area (Å²) >= 11 is 6.88. The number of hydrogen-bond donors (Lipinski definition) is 4. The molecule has 2 aromatic heterocycles. The van der Waals surface area contributed by atoms with Crippen LogP contribution in [-0.4, -0.2) is 31.8 Å². The Kier molecular flexibility index (Phi) is 10.4. The van der Waals surface area contributed by atoms with E-state index < -0.39 is 0 Å². The van der Waals surface area contributed by atoms with Crippen molar-refractivity contribution in [3.63, 3.8) is 0 Å². The van der Waals surface area contributed by atoms with E-state index in [-0.39, 0.29) is 11.8 Å². The van der Waals surface area contributed by atoms with Gasteiger partial charge < -0.3 is 21.3 Å². The van der Waals surface area contributed by atoms with E-state index in [1.165, 1.54) is 24.8 Å². The van der Waals surface area contributed by atoms with E-state index in [1.807, 2.05) is 72.8 Å². The van der Waals surface area contributed by atoms with Crippen molar-refractivity contribution >= 4 is 99.9 Å². The molecule has 6 rings (SSSR count). The Morgan fingerprint density at radius 3 is 1.39 bits per heavy atom. The molecule has 0 saturated heterocycles. The molecule has 4 aromatic carbocycles. The molecule has 12 heteroatoms. The number of nitrogens with zero attached hydrogens (tertiary/aromatic N) is 4. The van der Waals surface area contributed by atoms with Crippen LogP contribution < -0.4 is 21.3 Å². The Morgan fingerprint density at radius 2 is 1.00 bits per heavy atom. The lowest BCUT2D eigenvalue weighted by molar-refractivity contribution is -0.112. The fourth-order valence-electron chi connectivity index (χ4n) is 4.26. The van der Waals surface area contributed by atoms with Crippen LogP contribution >= 0.6 is 31.9 Å². The highest BCUT2D eigenvalue weighted by molar-refractivity contribution is 9.10. The molecule has 0 spiro atoms. The van der Waals surface area contributed by atoms with Gasteiger partial charge in [0.1, 0.15) is 24.3 Å². The first-order valence-corrected chi connectivity index (χ1v) is 15.3. The third-order valence-electron chi connectivity index (χ3n) is 6.35. The van der Waals surface area contributed by atoms with E-state index in [0.717, 1.165) is 42.1 Å². The van der Waals surface area contributed by atoms with Crippen molar-refractivity contribution in [3.05, 3.63) is 132 Å². The van der Waals surface area contributed by atoms with Gasteiger partial charge in [0, 0.05) is 42.5 Å². The van der Waals surface area contributed by atoms with E-state index in [4.69, 9.17) is 0 Å². The molecule has 0 atom stereocenters. The molecule has 2 amide bonds. The summed E-state index contributed by atoms with van der Waals surface area (Å²) in [6, 6.07) is 26.5. The third-order valence-corrected chi connectivity index (χ3v) is 7.34. The maximum Gasteiger partial charge on any atom is 0.247 e. The van der Waals surface area contributed by atoms with Crippen LogP contribution in [0.25, 0.3) is 21.8 Å². The zero-order valence-corrected chi connectivity index (χ0v) is 27.3. The number of rotatable bonds is 8. The fraction of sp³-hybridized carbons (Fsp3) is 0. The Bertz CT molecular complexity index is 1940. The summed E-state index contributed by atoms with van der Waals surface area (Å²) in [5.74, 6) is 0.816. The van der Waals surface area contributed by atoms with Crippen LogP contribution in [0.3, 0.4) is 0 Å². The minimum atomic E-state index is -0.261. The van der Waals surface area contributed by atoms with E-state index in [0.29, 0.717) is 23.0 Å². The molecule has 0 saturated carbocycles. The zero-order chi connectivity index (χ0) is 32.5. The van der Waals surface area contributed by atoms with Crippen LogP contribution in [0, 0.1) is 0 Å². The average molecular weight is 738 g/mol. The van der Waals surface area contributed by atoms with Gasteiger partial charge in [-0.2, -0.15) is 0 Å². The van der Waals surface area contributed by atoms with Crippen molar-refractivity contribution in [2.24, 2.45) is 0 Å². The third kappa shape index (κ3) is 8.37. The number of anilines is 6. The Balaban J connectivity index is 0.000000181. The largest absolute Gasteiger partial charge is 0.340 e. The lowest BCUT2D eigenvalue weighted by atomic mass is 10.2. The van der Waals surface area contributed by atoms with Crippen LogP contribution in [0.4, 0.5) is 34.4 Å². The molecule has 0 fully saturated rings. The van der Waals surface area contributed by atoms with Crippen LogP contribution in [0.5, 0.6) is 0 Å². The van der Waals surface area contributed by atoms with Crippen molar-refractivity contribution in [2.45, 2.75) is 0 Å². The van der Waals surface area contributed by atoms with E-state index in [9.17, 15) is 9.59 Å². The second-order valence-electron chi connectivity index (χ2n) is 9.57. The summed E-state index contributed by atoms with van der Waals surface area (Å²) in [4.78, 5) is 40.0. The number of aromatic nitrogens is 4. The predicted octanol–water partition coefficient (Wildman–Crippen LogP) is 8.52. The van der Waals surface area contributed by atoms with Gasteiger partial charge in [-0.05, 0) is 84.9 Å². The molecule has 0 unspecified atom stereocenters. The molecule has 6 aromatic rings. The number of fused-ring (bicyclic) bond motifs is 2. The monoisotopic (exact) mass is 736 g/mol. The van der Waals surface area contributed by atoms with Crippen LogP contribution in [0.1, 0.15) is 0 Å². The van der Waals surface area contributed by atoms with Gasteiger partial charge in [0.05, 0.1) is 11.0 Å². The van der Waals surface area contributed by atoms with Crippen molar-refractivity contribution in [2.75, 3.05) is 21.3 Å². The number of halogens is 2. The number of carbonyl (C=O) groups is 2. The summed E-state index contributed by atoms with van der Waals surface area (Å²) in [6.45, 7) is 6.89. The smallest absolute Gasteiger partial charge is 0.247 e. The minimum Gasteiger partial charge on any atom is -0.340 e. The summed E-state index contributed by atoms with van der Waals surface area (Å²) in [6.07, 6.45) is 5.47. The topological polar surface area (TPSA) is 134 Å². The molecular weight excluding hydrogens is 712 g/mol. The van der Waals surface area contributed by atoms with Gasteiger partial charge in [0.15, 0.2) is 0 Å². The molecule has 0 radical (unpaired) electrons. The summed E-state index contributed by atoms with van der Waals surface area (Å²) in [7, 11) is 0. The molecule has 4 N–H and O–H groups in total. The Hall–Kier alpha value is -5.46. The maximum atomic E-state index is 11.4. The van der Waals surface area contributed by atoms with E-state index in [1.54, 1.807) is 12.1 Å². The first-order valence-electron chi connectivity index (χ1n) is 13.7. The summed E-state index contributed by atoms with van der Waals surface area (Å²) in [5.41, 5.74) is 4.70. The predicted molar refractivity (Wildman–Crippen MR) is 192 cm³/mol. The molecule has 2 heterocycles. The molecule has 0 aliphatic heterocycles. The second kappa shape index (κ2) is 15.0. The van der Waals surface area contributed by atoms with Crippen LogP contribution in [0.2, 0.25) is 0 Å². The van der Waals surface area contributed by atoms with E-state index >= 15 is 0 Å². The summed E-state index contributed by atoms with van der Waals surface area (Å²) in [5, 5.41) is 13.6. The summed E-state index contributed by atoms with van der Waals surface area (Å²) < 4.78 is 1.94. The van der Waals surface area contributed by atoms with Gasteiger partial charge in [-0.25, -0.2) is 19.9 Å². The number of nitrogens with one attached hydrogen (secondary N) is 4. The normalized spacial score (nSPS) is 10.3. The average Bonchev–Trinajstić information content (AvgIpc) is 3.05. The van der Waals surface area contributed by atoms with E-state index in [2.05, 4.69) is 86.2 Å². The van der Waals surface area contributed by atoms with Crippen molar-refractivity contribution in [3.8, 4) is 0 Å². The highest BCUT2D eigenvalue weighted by atomic mass is 79.9. The van der Waals surface area contributed by atoms with Gasteiger partial charge in [-0.1, -0.05) is 57.2 Å². The van der Waals surface area contributed by atoms with Gasteiger partial charge in [-0.15, -0.1) is 0 Å². The van der Waals surface area contributed by atoms with Gasteiger partial charge in [0.2, 0.25) is 11.8 Å². The molecular formula is C34H26Br2N8O2. The molecule has 10 nitrogen and oxygen atoms in total. The quantitative estimate of drug-likeness (QED) is 0.114. The van der Waals surface area contributed by atoms with Crippen molar-refractivity contribution < 1.29 is 9.59 Å².